The molecule has 0 unspecified atom stereocenters. The average Bonchev–Trinajstić information content (AvgIpc) is 2.46. The molecule has 2 N–H and O–H groups in total. The Bertz CT molecular complexity index is 820. The minimum Gasteiger partial charge on any atom is -0.507 e. The number of esters is 1. The van der Waals surface area contributed by atoms with Gasteiger partial charge in [-0.05, 0) is 36.4 Å². The quantitative estimate of drug-likeness (QED) is 0.789. The molecule has 2 aromatic rings. The first-order valence-corrected chi connectivity index (χ1v) is 8.31. The summed E-state index contributed by atoms with van der Waals surface area (Å²) in [6.45, 7) is 0. The first-order valence-electron chi connectivity index (χ1n) is 6.03. The van der Waals surface area contributed by atoms with Gasteiger partial charge in [-0.2, -0.15) is 0 Å². The molecule has 8 heteroatoms. The van der Waals surface area contributed by atoms with E-state index in [9.17, 15) is 18.3 Å². The Hall–Kier alpha value is -2.06. The topological polar surface area (TPSA) is 92.7 Å². The number of aromatic hydroxyl groups is 1. The van der Waals surface area contributed by atoms with Crippen LogP contribution in [0.4, 0.5) is 5.69 Å². The molecule has 0 bridgehead atoms. The molecule has 116 valence electrons. The zero-order chi connectivity index (χ0) is 16.3. The first kappa shape index (κ1) is 16.3. The van der Waals surface area contributed by atoms with Crippen LogP contribution in [0, 0.1) is 0 Å². The third-order valence-corrected chi connectivity index (χ3v) is 4.63. The lowest BCUT2D eigenvalue weighted by atomic mass is 10.2. The Morgan fingerprint density at radius 1 is 1.23 bits per heavy atom. The average molecular weight is 386 g/mol. The number of carbonyl (C=O) groups excluding carboxylic acids is 1. The van der Waals surface area contributed by atoms with Gasteiger partial charge >= 0.3 is 5.97 Å². The lowest BCUT2D eigenvalue weighted by Crippen LogP contribution is -2.14. The SMILES string of the molecule is COC(=O)c1cc(S(=O)(=O)Nc2cccc(Br)c2)ccc1O. The van der Waals surface area contributed by atoms with E-state index in [1.165, 1.54) is 6.07 Å². The fraction of sp³-hybridized carbons (Fsp3) is 0.0714. The van der Waals surface area contributed by atoms with Crippen molar-refractivity contribution in [1.29, 1.82) is 0 Å². The second-order valence-electron chi connectivity index (χ2n) is 4.29. The predicted molar refractivity (Wildman–Crippen MR) is 84.4 cm³/mol. The smallest absolute Gasteiger partial charge is 0.341 e. The van der Waals surface area contributed by atoms with Crippen LogP contribution in [0.5, 0.6) is 5.75 Å². The number of benzene rings is 2. The molecule has 0 saturated carbocycles. The van der Waals surface area contributed by atoms with E-state index in [4.69, 9.17) is 0 Å². The van der Waals surface area contributed by atoms with Crippen molar-refractivity contribution in [2.45, 2.75) is 4.90 Å². The third-order valence-electron chi connectivity index (χ3n) is 2.76. The van der Waals surface area contributed by atoms with Gasteiger partial charge in [0.05, 0.1) is 12.0 Å². The molecule has 0 fully saturated rings. The Morgan fingerprint density at radius 2 is 1.95 bits per heavy atom. The van der Waals surface area contributed by atoms with Crippen LogP contribution in [0.2, 0.25) is 0 Å². The molecule has 0 aliphatic heterocycles. The van der Waals surface area contributed by atoms with Crippen LogP contribution in [-0.2, 0) is 14.8 Å². The maximum atomic E-state index is 12.3. The van der Waals surface area contributed by atoms with E-state index in [1.54, 1.807) is 24.3 Å². The first-order chi connectivity index (χ1) is 10.3. The van der Waals surface area contributed by atoms with Crippen LogP contribution < -0.4 is 4.72 Å². The Kier molecular flexibility index (Phi) is 4.72. The van der Waals surface area contributed by atoms with E-state index in [0.717, 1.165) is 19.2 Å². The summed E-state index contributed by atoms with van der Waals surface area (Å²) in [7, 11) is -2.76. The standard InChI is InChI=1S/C14H12BrNO5S/c1-21-14(18)12-8-11(5-6-13(12)17)22(19,20)16-10-4-2-3-9(15)7-10/h2-8,16-17H,1H3. The van der Waals surface area contributed by atoms with Crippen molar-refractivity contribution in [3.63, 3.8) is 0 Å². The van der Waals surface area contributed by atoms with Gasteiger partial charge in [0.15, 0.2) is 0 Å². The molecular weight excluding hydrogens is 374 g/mol. The van der Waals surface area contributed by atoms with Crippen LogP contribution in [0.15, 0.2) is 51.8 Å². The van der Waals surface area contributed by atoms with Gasteiger partial charge in [-0.25, -0.2) is 13.2 Å². The molecule has 0 saturated heterocycles. The minimum atomic E-state index is -3.90. The number of phenols is 1. The highest BCUT2D eigenvalue weighted by Gasteiger charge is 2.19. The van der Waals surface area contributed by atoms with Gasteiger partial charge in [-0.15, -0.1) is 0 Å². The van der Waals surface area contributed by atoms with Crippen molar-refractivity contribution in [2.24, 2.45) is 0 Å². The number of nitrogens with one attached hydrogen (secondary N) is 1. The summed E-state index contributed by atoms with van der Waals surface area (Å²) in [4.78, 5) is 11.4. The second-order valence-corrected chi connectivity index (χ2v) is 6.88. The Labute approximate surface area is 135 Å². The second kappa shape index (κ2) is 6.37. The maximum absolute atomic E-state index is 12.3. The minimum absolute atomic E-state index is 0.161. The molecule has 2 aromatic carbocycles. The zero-order valence-corrected chi connectivity index (χ0v) is 13.8. The summed E-state index contributed by atoms with van der Waals surface area (Å²) in [5, 5.41) is 9.61. The fourth-order valence-electron chi connectivity index (χ4n) is 1.72. The van der Waals surface area contributed by atoms with Gasteiger partial charge in [-0.3, -0.25) is 4.72 Å². The number of carbonyl (C=O) groups is 1. The lowest BCUT2D eigenvalue weighted by molar-refractivity contribution is 0.0597. The predicted octanol–water partition coefficient (Wildman–Crippen LogP) is 2.74. The molecule has 0 radical (unpaired) electrons. The van der Waals surface area contributed by atoms with Crippen LogP contribution in [-0.4, -0.2) is 26.6 Å². The molecule has 0 aliphatic carbocycles. The van der Waals surface area contributed by atoms with E-state index in [0.29, 0.717) is 10.2 Å². The van der Waals surface area contributed by atoms with Crippen molar-refractivity contribution in [1.82, 2.24) is 0 Å². The number of halogens is 1. The fourth-order valence-corrected chi connectivity index (χ4v) is 3.20. The van der Waals surface area contributed by atoms with Crippen molar-refractivity contribution >= 4 is 37.6 Å². The summed E-state index contributed by atoms with van der Waals surface area (Å²) in [6, 6.07) is 10.0. The van der Waals surface area contributed by atoms with Crippen molar-refractivity contribution < 1.29 is 23.1 Å². The molecule has 0 atom stereocenters. The number of rotatable bonds is 4. The van der Waals surface area contributed by atoms with Crippen LogP contribution >= 0.6 is 15.9 Å². The monoisotopic (exact) mass is 385 g/mol. The number of anilines is 1. The number of methoxy groups -OCH3 is 1. The van der Waals surface area contributed by atoms with Gasteiger partial charge < -0.3 is 9.84 Å². The van der Waals surface area contributed by atoms with Gasteiger partial charge in [0.1, 0.15) is 11.3 Å². The third kappa shape index (κ3) is 3.58. The van der Waals surface area contributed by atoms with Crippen LogP contribution in [0.25, 0.3) is 0 Å². The Balaban J connectivity index is 2.39. The van der Waals surface area contributed by atoms with Crippen LogP contribution in [0.1, 0.15) is 10.4 Å². The van der Waals surface area contributed by atoms with Gasteiger partial charge in [0.2, 0.25) is 0 Å². The molecule has 2 rings (SSSR count). The lowest BCUT2D eigenvalue weighted by Gasteiger charge is -2.10. The van der Waals surface area contributed by atoms with Crippen LogP contribution in [0.3, 0.4) is 0 Å². The van der Waals surface area contributed by atoms with E-state index < -0.39 is 16.0 Å². The molecule has 22 heavy (non-hydrogen) atoms. The van der Waals surface area contributed by atoms with Gasteiger partial charge in [0.25, 0.3) is 10.0 Å². The van der Waals surface area contributed by atoms with Crippen molar-refractivity contribution in [3.05, 3.63) is 52.5 Å². The molecule has 0 amide bonds. The molecule has 0 heterocycles. The number of sulfonamides is 1. The largest absolute Gasteiger partial charge is 0.507 e. The van der Waals surface area contributed by atoms with Crippen molar-refractivity contribution in [3.8, 4) is 5.75 Å². The summed E-state index contributed by atoms with van der Waals surface area (Å²) in [5.41, 5.74) is 0.140. The van der Waals surface area contributed by atoms with E-state index in [-0.39, 0.29) is 16.2 Å². The highest BCUT2D eigenvalue weighted by Crippen LogP contribution is 2.24. The molecule has 6 nitrogen and oxygen atoms in total. The highest BCUT2D eigenvalue weighted by atomic mass is 79.9. The number of phenolic OH excluding ortho intramolecular Hbond substituents is 1. The molecule has 0 aromatic heterocycles. The summed E-state index contributed by atoms with van der Waals surface area (Å²) in [5.74, 6) is -1.18. The van der Waals surface area contributed by atoms with E-state index in [2.05, 4.69) is 25.4 Å². The summed E-state index contributed by atoms with van der Waals surface area (Å²) < 4.78 is 32.3. The highest BCUT2D eigenvalue weighted by molar-refractivity contribution is 9.10. The summed E-state index contributed by atoms with van der Waals surface area (Å²) in [6.07, 6.45) is 0. The number of ether oxygens (including phenoxy) is 1. The molecule has 0 spiro atoms. The van der Waals surface area contributed by atoms with Gasteiger partial charge in [0, 0.05) is 10.2 Å². The molecule has 0 aliphatic rings. The van der Waals surface area contributed by atoms with E-state index in [1.807, 2.05) is 0 Å². The Morgan fingerprint density at radius 3 is 2.59 bits per heavy atom. The van der Waals surface area contributed by atoms with Gasteiger partial charge in [-0.1, -0.05) is 22.0 Å². The number of hydrogen-bond acceptors (Lipinski definition) is 5. The van der Waals surface area contributed by atoms with Crippen molar-refractivity contribution in [2.75, 3.05) is 11.8 Å². The maximum Gasteiger partial charge on any atom is 0.341 e. The van der Waals surface area contributed by atoms with E-state index >= 15 is 0 Å². The zero-order valence-electron chi connectivity index (χ0n) is 11.4. The molecular formula is C14H12BrNO5S. The summed E-state index contributed by atoms with van der Waals surface area (Å²) >= 11 is 3.25. The normalized spacial score (nSPS) is 11.0. The number of hydrogen-bond donors (Lipinski definition) is 2.